The van der Waals surface area contributed by atoms with Gasteiger partial charge in [-0.3, -0.25) is 0 Å². The molecule has 1 atom stereocenters. The molecule has 0 aliphatic carbocycles. The first-order valence-electron chi connectivity index (χ1n) is 4.62. The molecule has 1 aromatic heterocycles. The summed E-state index contributed by atoms with van der Waals surface area (Å²) in [4.78, 5) is 4.69. The molecule has 1 aromatic carbocycles. The second kappa shape index (κ2) is 4.61. The Kier molecular flexibility index (Phi) is 3.37. The molecule has 0 aliphatic heterocycles. The van der Waals surface area contributed by atoms with Gasteiger partial charge in [-0.05, 0) is 46.1 Å². The summed E-state index contributed by atoms with van der Waals surface area (Å²) < 4.78 is 13.7. The minimum atomic E-state index is -0.836. The number of nitrogens with zero attached hydrogens (tertiary/aromatic N) is 1. The lowest BCUT2D eigenvalue weighted by Crippen LogP contribution is -2.01. The summed E-state index contributed by atoms with van der Waals surface area (Å²) in [5.41, 5.74) is 3.07. The highest BCUT2D eigenvalue weighted by Gasteiger charge is 2.18. The van der Waals surface area contributed by atoms with Crippen LogP contribution < -0.4 is 0 Å². The van der Waals surface area contributed by atoms with Crippen LogP contribution in [-0.4, -0.2) is 10.1 Å². The molecule has 0 fully saturated rings. The summed E-state index contributed by atoms with van der Waals surface area (Å²) in [5.74, 6) is -0.347. The lowest BCUT2D eigenvalue weighted by molar-refractivity contribution is 0.222. The van der Waals surface area contributed by atoms with Crippen molar-refractivity contribution in [2.24, 2.45) is 0 Å². The molecule has 0 radical (unpaired) electrons. The van der Waals surface area contributed by atoms with E-state index in [2.05, 4.69) is 20.9 Å². The predicted octanol–water partition coefficient (Wildman–Crippen LogP) is 3.43. The van der Waals surface area contributed by atoms with Gasteiger partial charge in [0.05, 0.1) is 10.4 Å². The van der Waals surface area contributed by atoms with Gasteiger partial charge >= 0.3 is 0 Å². The highest BCUT2D eigenvalue weighted by molar-refractivity contribution is 9.10. The van der Waals surface area contributed by atoms with Gasteiger partial charge in [-0.1, -0.05) is 6.07 Å². The lowest BCUT2D eigenvalue weighted by Gasteiger charge is -2.12. The van der Waals surface area contributed by atoms with Crippen molar-refractivity contribution in [2.75, 3.05) is 0 Å². The summed E-state index contributed by atoms with van der Waals surface area (Å²) in [6, 6.07) is 4.39. The third-order valence-corrected chi connectivity index (χ3v) is 4.11. The molecule has 2 rings (SSSR count). The highest BCUT2D eigenvalue weighted by atomic mass is 79.9. The molecule has 2 aromatic rings. The lowest BCUT2D eigenvalue weighted by atomic mass is 10.0. The molecule has 16 heavy (non-hydrogen) atoms. The number of benzene rings is 1. The van der Waals surface area contributed by atoms with Crippen molar-refractivity contribution in [3.8, 4) is 0 Å². The molecule has 0 bridgehead atoms. The molecule has 0 saturated carbocycles. The van der Waals surface area contributed by atoms with E-state index in [0.717, 1.165) is 5.56 Å². The molecular formula is C11H9BrFNOS. The van der Waals surface area contributed by atoms with Crippen LogP contribution in [-0.2, 0) is 0 Å². The van der Waals surface area contributed by atoms with Crippen LogP contribution >= 0.6 is 27.3 Å². The molecule has 1 N–H and O–H groups in total. The van der Waals surface area contributed by atoms with Crippen LogP contribution in [0.2, 0.25) is 0 Å². The van der Waals surface area contributed by atoms with Gasteiger partial charge in [0, 0.05) is 0 Å². The molecule has 1 unspecified atom stereocenters. The first-order chi connectivity index (χ1) is 7.59. The van der Waals surface area contributed by atoms with E-state index < -0.39 is 6.10 Å². The van der Waals surface area contributed by atoms with Gasteiger partial charge in [0.2, 0.25) is 0 Å². The van der Waals surface area contributed by atoms with Gasteiger partial charge < -0.3 is 5.11 Å². The quantitative estimate of drug-likeness (QED) is 0.922. The summed E-state index contributed by atoms with van der Waals surface area (Å²) in [5, 5.41) is 10.1. The maximum Gasteiger partial charge on any atom is 0.123 e. The molecule has 84 valence electrons. The average molecular weight is 302 g/mol. The van der Waals surface area contributed by atoms with Gasteiger partial charge in [0.1, 0.15) is 16.5 Å². The van der Waals surface area contributed by atoms with E-state index in [0.29, 0.717) is 15.0 Å². The average Bonchev–Trinajstić information content (AvgIpc) is 2.67. The fraction of sp³-hybridized carbons (Fsp3) is 0.182. The Balaban J connectivity index is 2.45. The third kappa shape index (κ3) is 2.16. The van der Waals surface area contributed by atoms with E-state index in [4.69, 9.17) is 0 Å². The van der Waals surface area contributed by atoms with E-state index in [1.54, 1.807) is 11.6 Å². The number of hydrogen-bond acceptors (Lipinski definition) is 3. The molecular weight excluding hydrogens is 293 g/mol. The number of aryl methyl sites for hydroxylation is 1. The number of halogens is 2. The first-order valence-corrected chi connectivity index (χ1v) is 6.30. The fourth-order valence-electron chi connectivity index (χ4n) is 1.47. The SMILES string of the molecule is Cc1ccc(F)cc1C(O)c1scnc1Br. The smallest absolute Gasteiger partial charge is 0.123 e. The number of thiazole rings is 1. The second-order valence-corrected chi connectivity index (χ2v) is 5.05. The second-order valence-electron chi connectivity index (χ2n) is 3.41. The van der Waals surface area contributed by atoms with Crippen molar-refractivity contribution in [3.63, 3.8) is 0 Å². The zero-order chi connectivity index (χ0) is 11.7. The minimum absolute atomic E-state index is 0.347. The molecule has 0 saturated heterocycles. The molecule has 2 nitrogen and oxygen atoms in total. The highest BCUT2D eigenvalue weighted by Crippen LogP contribution is 2.32. The molecule has 0 spiro atoms. The molecule has 1 heterocycles. The Morgan fingerprint density at radius 1 is 1.50 bits per heavy atom. The van der Waals surface area contributed by atoms with Crippen molar-refractivity contribution in [1.82, 2.24) is 4.98 Å². The topological polar surface area (TPSA) is 33.1 Å². The van der Waals surface area contributed by atoms with Crippen molar-refractivity contribution >= 4 is 27.3 Å². The zero-order valence-electron chi connectivity index (χ0n) is 8.45. The number of aliphatic hydroxyl groups is 1. The van der Waals surface area contributed by atoms with E-state index in [-0.39, 0.29) is 5.82 Å². The van der Waals surface area contributed by atoms with Crippen LogP contribution in [0.15, 0.2) is 28.3 Å². The Hall–Kier alpha value is -0.780. The number of aromatic nitrogens is 1. The summed E-state index contributed by atoms with van der Waals surface area (Å²) in [6.07, 6.45) is -0.836. The van der Waals surface area contributed by atoms with Crippen molar-refractivity contribution < 1.29 is 9.50 Å². The summed E-state index contributed by atoms with van der Waals surface area (Å²) in [6.45, 7) is 1.84. The van der Waals surface area contributed by atoms with Crippen LogP contribution in [0.3, 0.4) is 0 Å². The minimum Gasteiger partial charge on any atom is -0.383 e. The number of rotatable bonds is 2. The van der Waals surface area contributed by atoms with E-state index in [1.165, 1.54) is 23.5 Å². The Labute approximate surface area is 105 Å². The maximum absolute atomic E-state index is 13.1. The van der Waals surface area contributed by atoms with Crippen LogP contribution in [0.4, 0.5) is 4.39 Å². The first kappa shape index (κ1) is 11.7. The van der Waals surface area contributed by atoms with Gasteiger partial charge in [-0.2, -0.15) is 0 Å². The Bertz CT molecular complexity index is 514. The van der Waals surface area contributed by atoms with Crippen LogP contribution in [0.5, 0.6) is 0 Å². The summed E-state index contributed by atoms with van der Waals surface area (Å²) >= 11 is 4.59. The number of aliphatic hydroxyl groups excluding tert-OH is 1. The van der Waals surface area contributed by atoms with Gasteiger partial charge in [0.15, 0.2) is 0 Å². The van der Waals surface area contributed by atoms with Gasteiger partial charge in [0.25, 0.3) is 0 Å². The normalized spacial score (nSPS) is 12.8. The Morgan fingerprint density at radius 3 is 2.88 bits per heavy atom. The van der Waals surface area contributed by atoms with Crippen LogP contribution in [0.1, 0.15) is 22.1 Å². The monoisotopic (exact) mass is 301 g/mol. The van der Waals surface area contributed by atoms with E-state index in [1.807, 2.05) is 6.92 Å². The molecule has 0 aliphatic rings. The van der Waals surface area contributed by atoms with Crippen molar-refractivity contribution in [3.05, 3.63) is 50.1 Å². The van der Waals surface area contributed by atoms with Crippen LogP contribution in [0, 0.1) is 12.7 Å². The Morgan fingerprint density at radius 2 is 2.25 bits per heavy atom. The molecule has 0 amide bonds. The molecule has 5 heteroatoms. The van der Waals surface area contributed by atoms with E-state index in [9.17, 15) is 9.50 Å². The van der Waals surface area contributed by atoms with Crippen LogP contribution in [0.25, 0.3) is 0 Å². The summed E-state index contributed by atoms with van der Waals surface area (Å²) in [7, 11) is 0. The largest absolute Gasteiger partial charge is 0.383 e. The fourth-order valence-corrected chi connectivity index (χ4v) is 2.88. The zero-order valence-corrected chi connectivity index (χ0v) is 10.8. The third-order valence-electron chi connectivity index (χ3n) is 2.33. The van der Waals surface area contributed by atoms with Gasteiger partial charge in [-0.25, -0.2) is 9.37 Å². The van der Waals surface area contributed by atoms with E-state index >= 15 is 0 Å². The maximum atomic E-state index is 13.1. The standard InChI is InChI=1S/C11H9BrFNOS/c1-6-2-3-7(13)4-8(6)9(15)10-11(12)14-5-16-10/h2-5,9,15H,1H3. The van der Waals surface area contributed by atoms with Gasteiger partial charge in [-0.15, -0.1) is 11.3 Å². The van der Waals surface area contributed by atoms with Crippen molar-refractivity contribution in [2.45, 2.75) is 13.0 Å². The van der Waals surface area contributed by atoms with Crippen molar-refractivity contribution in [1.29, 1.82) is 0 Å². The number of hydrogen-bond donors (Lipinski definition) is 1. The predicted molar refractivity (Wildman–Crippen MR) is 65.0 cm³/mol.